The van der Waals surface area contributed by atoms with E-state index in [1.54, 1.807) is 6.92 Å². The first-order chi connectivity index (χ1) is 16.4. The van der Waals surface area contributed by atoms with Gasteiger partial charge >= 0.3 is 12.1 Å². The minimum absolute atomic E-state index is 0.00213. The Morgan fingerprint density at radius 3 is 2.26 bits per heavy atom. The van der Waals surface area contributed by atoms with Gasteiger partial charge in [-0.25, -0.2) is 4.79 Å². The minimum atomic E-state index is -0.937. The van der Waals surface area contributed by atoms with Gasteiger partial charge in [0.2, 0.25) is 5.91 Å². The third kappa shape index (κ3) is 5.41. The molecule has 34 heavy (non-hydrogen) atoms. The Morgan fingerprint density at radius 2 is 1.62 bits per heavy atom. The van der Waals surface area contributed by atoms with Crippen molar-refractivity contribution >= 4 is 18.0 Å². The number of nitrogens with one attached hydrogen (secondary N) is 2. The molecular formula is C27H32N2O5. The summed E-state index contributed by atoms with van der Waals surface area (Å²) in [6, 6.07) is 16.3. The normalized spacial score (nSPS) is 20.0. The lowest BCUT2D eigenvalue weighted by molar-refractivity contribution is -0.141. The third-order valence-corrected chi connectivity index (χ3v) is 7.03. The van der Waals surface area contributed by atoms with Gasteiger partial charge in [-0.05, 0) is 41.0 Å². The predicted molar refractivity (Wildman–Crippen MR) is 128 cm³/mol. The fourth-order valence-corrected chi connectivity index (χ4v) is 5.10. The molecule has 180 valence electrons. The number of carboxylic acid groups (broad SMARTS) is 1. The van der Waals surface area contributed by atoms with E-state index in [0.717, 1.165) is 25.7 Å². The summed E-state index contributed by atoms with van der Waals surface area (Å²) in [7, 11) is 0. The number of carbonyl (C=O) groups is 3. The number of amides is 2. The summed E-state index contributed by atoms with van der Waals surface area (Å²) in [6.07, 6.45) is 3.44. The van der Waals surface area contributed by atoms with Crippen LogP contribution in [0.1, 0.15) is 56.1 Å². The van der Waals surface area contributed by atoms with Gasteiger partial charge in [-0.2, -0.15) is 0 Å². The molecule has 4 rings (SSSR count). The summed E-state index contributed by atoms with van der Waals surface area (Å²) in [5, 5.41) is 14.7. The maximum absolute atomic E-state index is 12.7. The van der Waals surface area contributed by atoms with Crippen LogP contribution in [0.4, 0.5) is 4.79 Å². The van der Waals surface area contributed by atoms with Gasteiger partial charge in [-0.1, -0.05) is 68.3 Å². The molecule has 0 saturated heterocycles. The molecule has 2 aromatic carbocycles. The van der Waals surface area contributed by atoms with Gasteiger partial charge in [0, 0.05) is 24.9 Å². The molecule has 3 N–H and O–H groups in total. The van der Waals surface area contributed by atoms with Crippen LogP contribution in [0.3, 0.4) is 0 Å². The Hall–Kier alpha value is -3.35. The van der Waals surface area contributed by atoms with Crippen LogP contribution in [0.15, 0.2) is 48.5 Å². The lowest BCUT2D eigenvalue weighted by atomic mass is 9.82. The number of carboxylic acids is 1. The van der Waals surface area contributed by atoms with Crippen molar-refractivity contribution in [3.05, 3.63) is 59.7 Å². The van der Waals surface area contributed by atoms with E-state index in [-0.39, 0.29) is 43.4 Å². The van der Waals surface area contributed by atoms with E-state index in [2.05, 4.69) is 34.9 Å². The molecule has 0 spiro atoms. The fraction of sp³-hybridized carbons (Fsp3) is 0.444. The number of fused-ring (bicyclic) bond motifs is 3. The molecule has 3 atom stereocenters. The molecule has 2 amide bonds. The average Bonchev–Trinajstić information content (AvgIpc) is 3.16. The van der Waals surface area contributed by atoms with Gasteiger partial charge in [-0.15, -0.1) is 0 Å². The van der Waals surface area contributed by atoms with Crippen LogP contribution < -0.4 is 10.6 Å². The van der Waals surface area contributed by atoms with Crippen molar-refractivity contribution < 1.29 is 24.2 Å². The summed E-state index contributed by atoms with van der Waals surface area (Å²) in [5.74, 6) is -1.74. The highest BCUT2D eigenvalue weighted by Gasteiger charge is 2.31. The van der Waals surface area contributed by atoms with Gasteiger partial charge < -0.3 is 20.5 Å². The van der Waals surface area contributed by atoms with Crippen molar-refractivity contribution in [1.82, 2.24) is 10.6 Å². The van der Waals surface area contributed by atoms with Crippen molar-refractivity contribution in [3.8, 4) is 11.1 Å². The number of benzene rings is 2. The van der Waals surface area contributed by atoms with Gasteiger partial charge in [0.25, 0.3) is 0 Å². The van der Waals surface area contributed by atoms with E-state index in [4.69, 9.17) is 9.84 Å². The predicted octanol–water partition coefficient (Wildman–Crippen LogP) is 4.31. The number of hydrogen-bond donors (Lipinski definition) is 3. The van der Waals surface area contributed by atoms with Crippen molar-refractivity contribution in [3.63, 3.8) is 0 Å². The monoisotopic (exact) mass is 464 g/mol. The number of carbonyl (C=O) groups excluding carboxylic acids is 2. The molecule has 0 aromatic heterocycles. The molecule has 7 nitrogen and oxygen atoms in total. The summed E-state index contributed by atoms with van der Waals surface area (Å²) in [5.41, 5.74) is 4.70. The fourth-order valence-electron chi connectivity index (χ4n) is 5.10. The highest BCUT2D eigenvalue weighted by atomic mass is 16.5. The topological polar surface area (TPSA) is 105 Å². The molecule has 1 saturated carbocycles. The highest BCUT2D eigenvalue weighted by molar-refractivity contribution is 5.79. The Balaban J connectivity index is 1.32. The van der Waals surface area contributed by atoms with E-state index in [0.29, 0.717) is 0 Å². The third-order valence-electron chi connectivity index (χ3n) is 7.03. The second kappa shape index (κ2) is 10.7. The number of ether oxygens (including phenoxy) is 1. The standard InChI is InChI=1S/C27H32N2O5/c1-17(26(31)32)15-28-25(30)14-18-8-2-7-13-24(18)29-27(33)34-16-23-21-11-5-3-9-19(21)20-10-4-6-12-22(20)23/h3-6,9-12,17-18,23-24H,2,7-8,13-16H2,1H3,(H,28,30)(H,29,33)(H,31,32). The zero-order valence-corrected chi connectivity index (χ0v) is 19.5. The number of alkyl carbamates (subject to hydrolysis) is 1. The van der Waals surface area contributed by atoms with Crippen LogP contribution in [0.25, 0.3) is 11.1 Å². The molecule has 7 heteroatoms. The Bertz CT molecular complexity index is 1010. The van der Waals surface area contributed by atoms with E-state index in [1.807, 2.05) is 24.3 Å². The van der Waals surface area contributed by atoms with E-state index in [9.17, 15) is 14.4 Å². The van der Waals surface area contributed by atoms with Crippen molar-refractivity contribution in [1.29, 1.82) is 0 Å². The Morgan fingerprint density at radius 1 is 1.00 bits per heavy atom. The van der Waals surface area contributed by atoms with Crippen LogP contribution in [0.2, 0.25) is 0 Å². The summed E-state index contributed by atoms with van der Waals surface area (Å²) in [4.78, 5) is 36.0. The second-order valence-electron chi connectivity index (χ2n) is 9.37. The van der Waals surface area contributed by atoms with Crippen LogP contribution in [-0.2, 0) is 14.3 Å². The van der Waals surface area contributed by atoms with Gasteiger partial charge in [0.15, 0.2) is 0 Å². The Labute approximate surface area is 199 Å². The van der Waals surface area contributed by atoms with E-state index < -0.39 is 18.0 Å². The number of aliphatic carboxylic acids is 1. The summed E-state index contributed by atoms with van der Waals surface area (Å²) >= 11 is 0. The zero-order valence-electron chi connectivity index (χ0n) is 19.5. The largest absolute Gasteiger partial charge is 0.481 e. The molecule has 0 radical (unpaired) electrons. The van der Waals surface area contributed by atoms with Crippen LogP contribution in [0.5, 0.6) is 0 Å². The molecule has 0 bridgehead atoms. The zero-order chi connectivity index (χ0) is 24.1. The van der Waals surface area contributed by atoms with Crippen molar-refractivity contribution in [2.75, 3.05) is 13.2 Å². The second-order valence-corrected chi connectivity index (χ2v) is 9.37. The first-order valence-electron chi connectivity index (χ1n) is 12.0. The SMILES string of the molecule is CC(CNC(=O)CC1CCCCC1NC(=O)OCC1c2ccccc2-c2ccccc21)C(=O)O. The molecule has 1 fully saturated rings. The molecule has 2 aliphatic rings. The van der Waals surface area contributed by atoms with Crippen molar-refractivity contribution in [2.24, 2.45) is 11.8 Å². The summed E-state index contributed by atoms with van der Waals surface area (Å²) < 4.78 is 5.69. The molecule has 3 unspecified atom stereocenters. The first-order valence-corrected chi connectivity index (χ1v) is 12.0. The molecule has 2 aliphatic carbocycles. The lowest BCUT2D eigenvalue weighted by Crippen LogP contribution is -2.44. The molecule has 0 heterocycles. The molecular weight excluding hydrogens is 432 g/mol. The van der Waals surface area contributed by atoms with Crippen LogP contribution >= 0.6 is 0 Å². The average molecular weight is 465 g/mol. The van der Waals surface area contributed by atoms with Gasteiger partial charge in [-0.3, -0.25) is 9.59 Å². The van der Waals surface area contributed by atoms with Crippen molar-refractivity contribution in [2.45, 2.75) is 51.0 Å². The maximum Gasteiger partial charge on any atom is 0.407 e. The van der Waals surface area contributed by atoms with Crippen LogP contribution in [-0.4, -0.2) is 42.3 Å². The van der Waals surface area contributed by atoms with E-state index >= 15 is 0 Å². The van der Waals surface area contributed by atoms with Gasteiger partial charge in [0.1, 0.15) is 6.61 Å². The minimum Gasteiger partial charge on any atom is -0.481 e. The smallest absolute Gasteiger partial charge is 0.407 e. The maximum atomic E-state index is 12.7. The quantitative estimate of drug-likeness (QED) is 0.540. The Kier molecular flexibility index (Phi) is 7.50. The number of hydrogen-bond acceptors (Lipinski definition) is 4. The lowest BCUT2D eigenvalue weighted by Gasteiger charge is -2.31. The van der Waals surface area contributed by atoms with Gasteiger partial charge in [0.05, 0.1) is 5.92 Å². The molecule has 2 aromatic rings. The van der Waals surface area contributed by atoms with E-state index in [1.165, 1.54) is 22.3 Å². The first kappa shape index (κ1) is 23.8. The number of rotatable bonds is 8. The van der Waals surface area contributed by atoms with Crippen LogP contribution in [0, 0.1) is 11.8 Å². The molecule has 0 aliphatic heterocycles. The summed E-state index contributed by atoms with van der Waals surface area (Å²) in [6.45, 7) is 1.92. The highest BCUT2D eigenvalue weighted by Crippen LogP contribution is 2.44.